The molecule has 6 nitrogen and oxygen atoms in total. The Labute approximate surface area is 135 Å². The Hall–Kier alpha value is -2.08. The van der Waals surface area contributed by atoms with Gasteiger partial charge in [0.05, 0.1) is 17.6 Å². The van der Waals surface area contributed by atoms with Crippen molar-refractivity contribution in [2.75, 3.05) is 6.61 Å². The third kappa shape index (κ3) is 1.67. The zero-order chi connectivity index (χ0) is 17.0. The summed E-state index contributed by atoms with van der Waals surface area (Å²) in [4.78, 5) is 24.7. The van der Waals surface area contributed by atoms with Gasteiger partial charge in [0.1, 0.15) is 18.1 Å². The zero-order valence-electron chi connectivity index (χ0n) is 13.6. The van der Waals surface area contributed by atoms with Gasteiger partial charge in [-0.15, -0.1) is 0 Å². The average molecular weight is 316 g/mol. The van der Waals surface area contributed by atoms with Crippen LogP contribution in [0.3, 0.4) is 0 Å². The maximum absolute atomic E-state index is 12.4. The van der Waals surface area contributed by atoms with Gasteiger partial charge in [-0.2, -0.15) is 10.5 Å². The predicted octanol–water partition coefficient (Wildman–Crippen LogP) is 1.95. The van der Waals surface area contributed by atoms with E-state index in [2.05, 4.69) is 12.1 Å². The Balaban J connectivity index is 1.92. The molecular formula is C17H20N2O4. The van der Waals surface area contributed by atoms with Crippen LogP contribution in [0.25, 0.3) is 0 Å². The molecule has 1 heterocycles. The van der Waals surface area contributed by atoms with Gasteiger partial charge in [0, 0.05) is 5.92 Å². The summed E-state index contributed by atoms with van der Waals surface area (Å²) in [6.45, 7) is 5.50. The van der Waals surface area contributed by atoms with Crippen molar-refractivity contribution in [3.63, 3.8) is 0 Å². The Morgan fingerprint density at radius 1 is 1.39 bits per heavy atom. The van der Waals surface area contributed by atoms with E-state index in [0.717, 1.165) is 0 Å². The van der Waals surface area contributed by atoms with Crippen LogP contribution in [0.15, 0.2) is 0 Å². The molecule has 1 aliphatic heterocycles. The topological polar surface area (TPSA) is 100 Å². The van der Waals surface area contributed by atoms with Gasteiger partial charge in [0.15, 0.2) is 5.41 Å². The van der Waals surface area contributed by atoms with E-state index in [1.165, 1.54) is 0 Å². The van der Waals surface area contributed by atoms with Crippen LogP contribution < -0.4 is 0 Å². The van der Waals surface area contributed by atoms with Crippen LogP contribution in [-0.2, 0) is 19.1 Å². The van der Waals surface area contributed by atoms with E-state index in [1.54, 1.807) is 0 Å². The molecule has 2 aliphatic carbocycles. The molecule has 2 bridgehead atoms. The molecule has 0 aromatic heterocycles. The molecule has 6 heteroatoms. The molecule has 122 valence electrons. The number of hydrogen-bond acceptors (Lipinski definition) is 6. The fourth-order valence-corrected chi connectivity index (χ4v) is 4.38. The van der Waals surface area contributed by atoms with Crippen molar-refractivity contribution >= 4 is 11.9 Å². The molecule has 1 saturated heterocycles. The Morgan fingerprint density at radius 2 is 2.09 bits per heavy atom. The highest BCUT2D eigenvalue weighted by molar-refractivity contribution is 5.86. The van der Waals surface area contributed by atoms with Crippen LogP contribution in [0.5, 0.6) is 0 Å². The summed E-state index contributed by atoms with van der Waals surface area (Å²) in [5, 5.41) is 19.4. The number of fused-ring (bicyclic) bond motifs is 5. The number of rotatable bonds is 3. The van der Waals surface area contributed by atoms with Crippen LogP contribution in [-0.4, -0.2) is 24.6 Å². The number of carbonyl (C=O) groups is 2. The molecule has 5 atom stereocenters. The van der Waals surface area contributed by atoms with Crippen molar-refractivity contribution in [2.24, 2.45) is 28.1 Å². The van der Waals surface area contributed by atoms with E-state index in [1.807, 2.05) is 20.8 Å². The zero-order valence-corrected chi connectivity index (χ0v) is 13.6. The van der Waals surface area contributed by atoms with Gasteiger partial charge >= 0.3 is 11.9 Å². The van der Waals surface area contributed by atoms with Crippen molar-refractivity contribution < 1.29 is 19.1 Å². The summed E-state index contributed by atoms with van der Waals surface area (Å²) in [5.74, 6) is -1.56. The first-order chi connectivity index (χ1) is 10.8. The number of ether oxygens (including phenoxy) is 2. The predicted molar refractivity (Wildman–Crippen MR) is 77.2 cm³/mol. The quantitative estimate of drug-likeness (QED) is 0.738. The molecule has 0 aromatic carbocycles. The number of hydrogen-bond donors (Lipinski definition) is 0. The molecule has 3 rings (SSSR count). The molecule has 0 amide bonds. The highest BCUT2D eigenvalue weighted by Crippen LogP contribution is 2.69. The molecule has 2 saturated carbocycles. The number of cyclic esters (lactones) is 1. The molecule has 0 spiro atoms. The van der Waals surface area contributed by atoms with Crippen molar-refractivity contribution in [2.45, 2.75) is 46.1 Å². The maximum atomic E-state index is 12.4. The highest BCUT2D eigenvalue weighted by atomic mass is 16.6. The van der Waals surface area contributed by atoms with E-state index < -0.39 is 34.2 Å². The van der Waals surface area contributed by atoms with Crippen LogP contribution in [0.1, 0.15) is 40.0 Å². The third-order valence-corrected chi connectivity index (χ3v) is 6.28. The van der Waals surface area contributed by atoms with E-state index in [9.17, 15) is 20.1 Å². The molecule has 5 unspecified atom stereocenters. The van der Waals surface area contributed by atoms with E-state index in [4.69, 9.17) is 9.47 Å². The van der Waals surface area contributed by atoms with Gasteiger partial charge in [-0.3, -0.25) is 9.59 Å². The molecule has 0 radical (unpaired) electrons. The Morgan fingerprint density at radius 3 is 2.65 bits per heavy atom. The first-order valence-corrected chi connectivity index (χ1v) is 8.00. The third-order valence-electron chi connectivity index (χ3n) is 6.28. The van der Waals surface area contributed by atoms with Gasteiger partial charge in [0.25, 0.3) is 0 Å². The lowest BCUT2D eigenvalue weighted by Crippen LogP contribution is -2.51. The Bertz CT molecular complexity index is 658. The number of carbonyl (C=O) groups excluding carboxylic acids is 2. The van der Waals surface area contributed by atoms with Gasteiger partial charge in [-0.25, -0.2) is 0 Å². The number of nitrogens with zero attached hydrogens (tertiary/aromatic N) is 2. The summed E-state index contributed by atoms with van der Waals surface area (Å²) < 4.78 is 10.8. The van der Waals surface area contributed by atoms with Crippen LogP contribution in [0, 0.1) is 50.7 Å². The maximum Gasteiger partial charge on any atom is 0.328 e. The fraction of sp³-hybridized carbons (Fsp3) is 0.765. The second kappa shape index (κ2) is 4.71. The number of nitriles is 2. The average Bonchev–Trinajstić information content (AvgIpc) is 3.15. The number of esters is 2. The summed E-state index contributed by atoms with van der Waals surface area (Å²) >= 11 is 0. The second-order valence-electron chi connectivity index (χ2n) is 7.54. The molecule has 3 fully saturated rings. The lowest BCUT2D eigenvalue weighted by molar-refractivity contribution is -0.168. The van der Waals surface area contributed by atoms with Crippen LogP contribution in [0.4, 0.5) is 0 Å². The molecule has 0 aromatic rings. The second-order valence-corrected chi connectivity index (χ2v) is 7.54. The van der Waals surface area contributed by atoms with E-state index in [-0.39, 0.29) is 18.5 Å². The van der Waals surface area contributed by atoms with Crippen molar-refractivity contribution in [1.29, 1.82) is 10.5 Å². The van der Waals surface area contributed by atoms with Gasteiger partial charge < -0.3 is 9.47 Å². The van der Waals surface area contributed by atoms with Crippen LogP contribution in [0.2, 0.25) is 0 Å². The summed E-state index contributed by atoms with van der Waals surface area (Å²) in [6, 6.07) is 4.28. The monoisotopic (exact) mass is 316 g/mol. The largest absolute Gasteiger partial charge is 0.463 e. The van der Waals surface area contributed by atoms with Crippen molar-refractivity contribution in [3.8, 4) is 12.1 Å². The molecular weight excluding hydrogens is 296 g/mol. The summed E-state index contributed by atoms with van der Waals surface area (Å²) in [7, 11) is 0. The summed E-state index contributed by atoms with van der Waals surface area (Å²) in [6.07, 6.45) is 1.22. The highest BCUT2D eigenvalue weighted by Gasteiger charge is 2.80. The SMILES string of the molecule is CCC(C)(C)C(=O)OC1CC2CC1C1(C#N)C(=O)OCC21C#N. The van der Waals surface area contributed by atoms with Gasteiger partial charge in [-0.05, 0) is 39.0 Å². The minimum absolute atomic E-state index is 0.0296. The van der Waals surface area contributed by atoms with Crippen LogP contribution >= 0.6 is 0 Å². The Kier molecular flexibility index (Phi) is 3.23. The lowest BCUT2D eigenvalue weighted by Gasteiger charge is -2.39. The molecule has 3 aliphatic rings. The fourth-order valence-electron chi connectivity index (χ4n) is 4.38. The lowest BCUT2D eigenvalue weighted by atomic mass is 9.58. The molecule has 23 heavy (non-hydrogen) atoms. The van der Waals surface area contributed by atoms with E-state index >= 15 is 0 Å². The van der Waals surface area contributed by atoms with Gasteiger partial charge in [0.2, 0.25) is 0 Å². The first-order valence-electron chi connectivity index (χ1n) is 8.00. The van der Waals surface area contributed by atoms with Crippen molar-refractivity contribution in [3.05, 3.63) is 0 Å². The van der Waals surface area contributed by atoms with Crippen molar-refractivity contribution in [1.82, 2.24) is 0 Å². The first kappa shape index (κ1) is 15.8. The normalized spacial score (nSPS) is 40.9. The summed E-state index contributed by atoms with van der Waals surface area (Å²) in [5.41, 5.74) is -3.19. The minimum Gasteiger partial charge on any atom is -0.463 e. The smallest absolute Gasteiger partial charge is 0.328 e. The van der Waals surface area contributed by atoms with Gasteiger partial charge in [-0.1, -0.05) is 6.92 Å². The van der Waals surface area contributed by atoms with E-state index in [0.29, 0.717) is 19.3 Å². The molecule has 0 N–H and O–H groups in total. The minimum atomic E-state index is -1.49. The standard InChI is InChI=1S/C17H20N2O4/c1-4-15(2,3)13(20)23-12-6-10-5-11(12)17(8-19)14(21)22-9-16(10,17)7-18/h10-12H,4-6,9H2,1-3H3.